The highest BCUT2D eigenvalue weighted by Crippen LogP contribution is 2.31. The van der Waals surface area contributed by atoms with Crippen molar-refractivity contribution in [1.29, 1.82) is 0 Å². The fourth-order valence-corrected chi connectivity index (χ4v) is 2.92. The van der Waals surface area contributed by atoms with Crippen LogP contribution in [0, 0.1) is 10.1 Å². The number of hydrogen-bond donors (Lipinski definition) is 0. The van der Waals surface area contributed by atoms with E-state index in [1.54, 1.807) is 6.07 Å². The van der Waals surface area contributed by atoms with Gasteiger partial charge in [-0.2, -0.15) is 4.98 Å². The normalized spacial score (nSPS) is 25.3. The van der Waals surface area contributed by atoms with Gasteiger partial charge in [-0.25, -0.2) is 0 Å². The molecule has 1 aromatic carbocycles. The molecule has 2 aliphatic rings. The summed E-state index contributed by atoms with van der Waals surface area (Å²) >= 11 is 0. The zero-order valence-corrected chi connectivity index (χ0v) is 10.7. The lowest BCUT2D eigenvalue weighted by molar-refractivity contribution is -0.384. The summed E-state index contributed by atoms with van der Waals surface area (Å²) in [7, 11) is 0. The van der Waals surface area contributed by atoms with Crippen LogP contribution in [0.1, 0.15) is 12.8 Å². The summed E-state index contributed by atoms with van der Waals surface area (Å²) in [6, 6.07) is 5.01. The van der Waals surface area contributed by atoms with Crippen LogP contribution in [-0.4, -0.2) is 35.2 Å². The Morgan fingerprint density at radius 1 is 1.30 bits per heavy atom. The van der Waals surface area contributed by atoms with Gasteiger partial charge in [-0.3, -0.25) is 10.1 Å². The van der Waals surface area contributed by atoms with Crippen molar-refractivity contribution < 1.29 is 14.1 Å². The molecule has 0 saturated carbocycles. The summed E-state index contributed by atoms with van der Waals surface area (Å²) in [4.78, 5) is 16.8. The van der Waals surface area contributed by atoms with Crippen LogP contribution in [0.25, 0.3) is 11.1 Å². The highest BCUT2D eigenvalue weighted by atomic mass is 16.6. The first kappa shape index (κ1) is 11.7. The number of rotatable bonds is 2. The van der Waals surface area contributed by atoms with Gasteiger partial charge in [0.2, 0.25) is 0 Å². The first-order valence-electron chi connectivity index (χ1n) is 6.64. The molecule has 1 aromatic heterocycles. The van der Waals surface area contributed by atoms with Gasteiger partial charge < -0.3 is 14.1 Å². The number of morpholine rings is 1. The number of nitro benzene ring substituents is 1. The van der Waals surface area contributed by atoms with Gasteiger partial charge in [-0.1, -0.05) is 0 Å². The van der Waals surface area contributed by atoms with Crippen LogP contribution in [0.2, 0.25) is 0 Å². The number of aromatic nitrogens is 1. The molecule has 0 spiro atoms. The molecule has 2 atom stereocenters. The molecule has 7 nitrogen and oxygen atoms in total. The van der Waals surface area contributed by atoms with E-state index in [4.69, 9.17) is 9.15 Å². The van der Waals surface area contributed by atoms with Crippen molar-refractivity contribution in [2.24, 2.45) is 0 Å². The Morgan fingerprint density at radius 2 is 2.05 bits per heavy atom. The number of nitro groups is 1. The van der Waals surface area contributed by atoms with E-state index in [9.17, 15) is 10.1 Å². The van der Waals surface area contributed by atoms with Crippen LogP contribution in [0.3, 0.4) is 0 Å². The predicted octanol–water partition coefficient (Wildman–Crippen LogP) is 2.10. The van der Waals surface area contributed by atoms with Crippen LogP contribution >= 0.6 is 0 Å². The first-order valence-corrected chi connectivity index (χ1v) is 6.64. The average Bonchev–Trinajstić information content (AvgIpc) is 3.01. The maximum Gasteiger partial charge on any atom is 0.298 e. The number of fused-ring (bicyclic) bond motifs is 3. The fourth-order valence-electron chi connectivity index (χ4n) is 2.92. The van der Waals surface area contributed by atoms with Gasteiger partial charge >= 0.3 is 0 Å². The van der Waals surface area contributed by atoms with Gasteiger partial charge in [0.25, 0.3) is 11.7 Å². The molecule has 104 valence electrons. The second kappa shape index (κ2) is 4.17. The lowest BCUT2D eigenvalue weighted by Crippen LogP contribution is -2.42. The lowest BCUT2D eigenvalue weighted by atomic mass is 10.2. The Morgan fingerprint density at radius 3 is 2.75 bits per heavy atom. The standard InChI is InChI=1S/C13H13N3O4/c17-16(18)8-1-4-11-12(5-8)20-13(14-11)15-6-9-2-3-10(7-15)19-9/h1,4-5,9-10H,2-3,6-7H2. The smallest absolute Gasteiger partial charge is 0.298 e. The van der Waals surface area contributed by atoms with Crippen molar-refractivity contribution >= 4 is 22.8 Å². The molecule has 2 fully saturated rings. The summed E-state index contributed by atoms with van der Waals surface area (Å²) in [6.07, 6.45) is 2.65. The van der Waals surface area contributed by atoms with E-state index in [0.29, 0.717) is 17.1 Å². The zero-order chi connectivity index (χ0) is 13.7. The predicted molar refractivity (Wildman–Crippen MR) is 70.8 cm³/mol. The van der Waals surface area contributed by atoms with Gasteiger partial charge in [-0.15, -0.1) is 0 Å². The van der Waals surface area contributed by atoms with Crippen molar-refractivity contribution in [2.75, 3.05) is 18.0 Å². The van der Waals surface area contributed by atoms with Crippen LogP contribution in [0.15, 0.2) is 22.6 Å². The Balaban J connectivity index is 1.68. The maximum atomic E-state index is 10.8. The third-order valence-electron chi connectivity index (χ3n) is 3.89. The molecule has 2 bridgehead atoms. The van der Waals surface area contributed by atoms with E-state index >= 15 is 0 Å². The molecule has 7 heteroatoms. The Bertz CT molecular complexity index is 671. The fraction of sp³-hybridized carbons (Fsp3) is 0.462. The molecule has 2 saturated heterocycles. The number of anilines is 1. The van der Waals surface area contributed by atoms with Crippen molar-refractivity contribution in [3.63, 3.8) is 0 Å². The molecule has 4 rings (SSSR count). The Kier molecular flexibility index (Phi) is 2.43. The second-order valence-electron chi connectivity index (χ2n) is 5.27. The van der Waals surface area contributed by atoms with Crippen molar-refractivity contribution in [1.82, 2.24) is 4.98 Å². The Hall–Kier alpha value is -2.15. The molecule has 2 aliphatic heterocycles. The number of oxazole rings is 1. The average molecular weight is 275 g/mol. The zero-order valence-electron chi connectivity index (χ0n) is 10.7. The van der Waals surface area contributed by atoms with E-state index in [1.807, 2.05) is 0 Å². The van der Waals surface area contributed by atoms with Crippen LogP contribution < -0.4 is 4.90 Å². The minimum atomic E-state index is -0.434. The minimum absolute atomic E-state index is 0.0160. The number of ether oxygens (including phenoxy) is 1. The van der Waals surface area contributed by atoms with E-state index < -0.39 is 4.92 Å². The van der Waals surface area contributed by atoms with Crippen molar-refractivity contribution in [2.45, 2.75) is 25.0 Å². The molecule has 2 aromatic rings. The SMILES string of the molecule is O=[N+]([O-])c1ccc2nc(N3CC4CCC(C3)O4)oc2c1. The Labute approximate surface area is 114 Å². The number of non-ortho nitro benzene ring substituents is 1. The third kappa shape index (κ3) is 1.82. The monoisotopic (exact) mass is 275 g/mol. The molecule has 3 heterocycles. The van der Waals surface area contributed by atoms with Gasteiger partial charge in [-0.05, 0) is 18.9 Å². The van der Waals surface area contributed by atoms with Gasteiger partial charge in [0.05, 0.1) is 23.2 Å². The number of hydrogen-bond acceptors (Lipinski definition) is 6. The largest absolute Gasteiger partial charge is 0.423 e. The highest BCUT2D eigenvalue weighted by molar-refractivity contribution is 5.77. The molecule has 0 amide bonds. The van der Waals surface area contributed by atoms with Crippen LogP contribution in [-0.2, 0) is 4.74 Å². The molecule has 0 aliphatic carbocycles. The van der Waals surface area contributed by atoms with E-state index in [0.717, 1.165) is 25.9 Å². The number of nitrogens with zero attached hydrogens (tertiary/aromatic N) is 3. The van der Waals surface area contributed by atoms with Gasteiger partial charge in [0.15, 0.2) is 5.58 Å². The van der Waals surface area contributed by atoms with Crippen molar-refractivity contribution in [3.05, 3.63) is 28.3 Å². The summed E-state index contributed by atoms with van der Waals surface area (Å²) in [5, 5.41) is 10.8. The summed E-state index contributed by atoms with van der Waals surface area (Å²) in [5.74, 6) is 0. The van der Waals surface area contributed by atoms with Crippen LogP contribution in [0.4, 0.5) is 11.7 Å². The summed E-state index contributed by atoms with van der Waals surface area (Å²) in [6.45, 7) is 1.54. The number of benzene rings is 1. The topological polar surface area (TPSA) is 81.6 Å². The van der Waals surface area contributed by atoms with Crippen LogP contribution in [0.5, 0.6) is 0 Å². The third-order valence-corrected chi connectivity index (χ3v) is 3.89. The maximum absolute atomic E-state index is 10.8. The first-order chi connectivity index (χ1) is 9.69. The lowest BCUT2D eigenvalue weighted by Gasteiger charge is -2.30. The second-order valence-corrected chi connectivity index (χ2v) is 5.27. The van der Waals surface area contributed by atoms with E-state index in [2.05, 4.69) is 9.88 Å². The van der Waals surface area contributed by atoms with Gasteiger partial charge in [0, 0.05) is 19.2 Å². The molecule has 0 radical (unpaired) electrons. The minimum Gasteiger partial charge on any atom is -0.423 e. The highest BCUT2D eigenvalue weighted by Gasteiger charge is 2.35. The summed E-state index contributed by atoms with van der Waals surface area (Å²) in [5.41, 5.74) is 1.11. The molecule has 0 N–H and O–H groups in total. The van der Waals surface area contributed by atoms with Crippen molar-refractivity contribution in [3.8, 4) is 0 Å². The molecular weight excluding hydrogens is 262 g/mol. The van der Waals surface area contributed by atoms with E-state index in [-0.39, 0.29) is 17.9 Å². The molecular formula is C13H13N3O4. The van der Waals surface area contributed by atoms with E-state index in [1.165, 1.54) is 12.1 Å². The molecule has 20 heavy (non-hydrogen) atoms. The molecule has 2 unspecified atom stereocenters. The summed E-state index contributed by atoms with van der Waals surface area (Å²) < 4.78 is 11.5. The van der Waals surface area contributed by atoms with Gasteiger partial charge in [0.1, 0.15) is 5.52 Å². The quantitative estimate of drug-likeness (QED) is 0.616.